The highest BCUT2D eigenvalue weighted by atomic mass is 32.2. The lowest BCUT2D eigenvalue weighted by atomic mass is 9.81. The normalized spacial score (nSPS) is 15.3. The third-order valence-corrected chi connectivity index (χ3v) is 5.14. The quantitative estimate of drug-likeness (QED) is 0.550. The van der Waals surface area contributed by atoms with Gasteiger partial charge >= 0.3 is 5.97 Å². The average molecular weight is 396 g/mol. The molecule has 0 fully saturated rings. The summed E-state index contributed by atoms with van der Waals surface area (Å²) >= 11 is 0. The fourth-order valence-corrected chi connectivity index (χ4v) is 3.68. The van der Waals surface area contributed by atoms with Crippen molar-refractivity contribution in [3.63, 3.8) is 0 Å². The van der Waals surface area contributed by atoms with E-state index in [-0.39, 0.29) is 11.8 Å². The zero-order valence-electron chi connectivity index (χ0n) is 17.7. The lowest BCUT2D eigenvalue weighted by molar-refractivity contribution is -0.170. The highest BCUT2D eigenvalue weighted by Crippen LogP contribution is 2.30. The third kappa shape index (κ3) is 6.76. The van der Waals surface area contributed by atoms with Gasteiger partial charge in [-0.3, -0.25) is 14.3 Å². The highest BCUT2D eigenvalue weighted by Gasteiger charge is 2.45. The maximum atomic E-state index is 12.9. The minimum atomic E-state index is -1.75. The van der Waals surface area contributed by atoms with E-state index in [1.54, 1.807) is 33.8 Å². The molecule has 5 nitrogen and oxygen atoms in total. The van der Waals surface area contributed by atoms with E-state index in [4.69, 9.17) is 4.74 Å². The number of hydrogen-bond acceptors (Lipinski definition) is 4. The van der Waals surface area contributed by atoms with Crippen molar-refractivity contribution in [3.05, 3.63) is 29.8 Å². The van der Waals surface area contributed by atoms with Crippen molar-refractivity contribution in [2.75, 3.05) is 0 Å². The van der Waals surface area contributed by atoms with Crippen LogP contribution in [0.25, 0.3) is 0 Å². The van der Waals surface area contributed by atoms with E-state index in [0.717, 1.165) is 5.56 Å². The van der Waals surface area contributed by atoms with Crippen LogP contribution < -0.4 is 4.72 Å². The highest BCUT2D eigenvalue weighted by molar-refractivity contribution is 7.83. The summed E-state index contributed by atoms with van der Waals surface area (Å²) in [6.45, 7) is 14.8. The first-order valence-corrected chi connectivity index (χ1v) is 10.5. The van der Waals surface area contributed by atoms with Crippen molar-refractivity contribution in [1.82, 2.24) is 4.72 Å². The van der Waals surface area contributed by atoms with Gasteiger partial charge < -0.3 is 4.74 Å². The molecule has 0 radical (unpaired) electrons. The van der Waals surface area contributed by atoms with Crippen molar-refractivity contribution in [2.24, 2.45) is 11.3 Å². The summed E-state index contributed by atoms with van der Waals surface area (Å²) in [6.07, 6.45) is 0.303. The number of nitrogens with one attached hydrogen (secondary N) is 1. The summed E-state index contributed by atoms with van der Waals surface area (Å²) in [6, 6.07) is 7.29. The Labute approximate surface area is 165 Å². The molecule has 0 bridgehead atoms. The lowest BCUT2D eigenvalue weighted by Crippen LogP contribution is -2.48. The van der Waals surface area contributed by atoms with Crippen LogP contribution in [0.4, 0.5) is 0 Å². The van der Waals surface area contributed by atoms with Gasteiger partial charge in [-0.2, -0.15) is 0 Å². The van der Waals surface area contributed by atoms with Crippen molar-refractivity contribution in [2.45, 2.75) is 78.2 Å². The number of ether oxygens (including phenoxy) is 1. The molecule has 6 heteroatoms. The first-order chi connectivity index (χ1) is 12.3. The molecule has 1 N–H and O–H groups in total. The Morgan fingerprint density at radius 2 is 1.70 bits per heavy atom. The molecule has 1 aromatic carbocycles. The van der Waals surface area contributed by atoms with Crippen LogP contribution in [-0.4, -0.2) is 21.7 Å². The van der Waals surface area contributed by atoms with E-state index in [9.17, 15) is 13.8 Å². The SMILES string of the molecule is CC(C)C[C@](C)(C(=O)NS(=O)c1cccc(C(C)C)c1)C(=O)OC(C)(C)C. The number of benzene rings is 1. The summed E-state index contributed by atoms with van der Waals surface area (Å²) in [4.78, 5) is 26.2. The van der Waals surface area contributed by atoms with Gasteiger partial charge in [-0.1, -0.05) is 39.8 Å². The molecule has 1 rings (SSSR count). The molecule has 0 saturated heterocycles. The van der Waals surface area contributed by atoms with Crippen molar-refractivity contribution in [3.8, 4) is 0 Å². The van der Waals surface area contributed by atoms with Gasteiger partial charge in [-0.15, -0.1) is 0 Å². The number of carbonyl (C=O) groups is 2. The fourth-order valence-electron chi connectivity index (χ4n) is 2.72. The van der Waals surface area contributed by atoms with Gasteiger partial charge in [-0.25, -0.2) is 4.21 Å². The van der Waals surface area contributed by atoms with Crippen molar-refractivity contribution in [1.29, 1.82) is 0 Å². The summed E-state index contributed by atoms with van der Waals surface area (Å²) < 4.78 is 20.7. The third-order valence-electron chi connectivity index (χ3n) is 4.09. The second-order valence-electron chi connectivity index (χ2n) is 8.86. The molecule has 0 aliphatic rings. The van der Waals surface area contributed by atoms with Crippen molar-refractivity contribution >= 4 is 22.9 Å². The van der Waals surface area contributed by atoms with E-state index in [0.29, 0.717) is 11.3 Å². The maximum Gasteiger partial charge on any atom is 0.321 e. The Morgan fingerprint density at radius 1 is 1.11 bits per heavy atom. The van der Waals surface area contributed by atoms with Crippen LogP contribution >= 0.6 is 0 Å². The minimum Gasteiger partial charge on any atom is -0.459 e. The van der Waals surface area contributed by atoms with Crippen LogP contribution in [0.1, 0.15) is 73.3 Å². The molecule has 1 unspecified atom stereocenters. The van der Waals surface area contributed by atoms with E-state index in [2.05, 4.69) is 4.72 Å². The topological polar surface area (TPSA) is 72.5 Å². The van der Waals surface area contributed by atoms with Gasteiger partial charge in [-0.05, 0) is 63.6 Å². The first-order valence-electron chi connectivity index (χ1n) is 9.32. The van der Waals surface area contributed by atoms with E-state index in [1.807, 2.05) is 45.9 Å². The molecule has 0 aliphatic heterocycles. The predicted octanol–water partition coefficient (Wildman–Crippen LogP) is 4.34. The summed E-state index contributed by atoms with van der Waals surface area (Å²) in [7, 11) is -1.75. The Kier molecular flexibility index (Phi) is 7.78. The smallest absolute Gasteiger partial charge is 0.321 e. The van der Waals surface area contributed by atoms with Gasteiger partial charge in [0.05, 0.1) is 4.90 Å². The maximum absolute atomic E-state index is 12.9. The van der Waals surface area contributed by atoms with Gasteiger partial charge in [0, 0.05) is 0 Å². The molecule has 0 aliphatic carbocycles. The van der Waals surface area contributed by atoms with Gasteiger partial charge in [0.25, 0.3) is 0 Å². The van der Waals surface area contributed by atoms with Crippen LogP contribution in [-0.2, 0) is 25.3 Å². The summed E-state index contributed by atoms with van der Waals surface area (Å²) in [5.41, 5.74) is -1.08. The Morgan fingerprint density at radius 3 is 2.19 bits per heavy atom. The molecular formula is C21H33NO4S. The molecule has 152 valence electrons. The zero-order valence-corrected chi connectivity index (χ0v) is 18.5. The molecule has 27 heavy (non-hydrogen) atoms. The molecule has 0 heterocycles. The standard InChI is InChI=1S/C21H33NO4S/c1-14(2)13-21(8,19(24)26-20(5,6)7)18(23)22-27(25)17-11-9-10-16(12-17)15(3)4/h9-12,14-15H,13H2,1-8H3,(H,22,23)/t21-,27?/m1/s1. The molecule has 0 spiro atoms. The molecule has 2 atom stereocenters. The number of amides is 1. The number of rotatable bonds is 7. The summed E-state index contributed by atoms with van der Waals surface area (Å²) in [5.74, 6) is -0.815. The van der Waals surface area contributed by atoms with Crippen LogP contribution in [0.15, 0.2) is 29.2 Å². The zero-order chi connectivity index (χ0) is 21.0. The van der Waals surface area contributed by atoms with E-state index in [1.165, 1.54) is 0 Å². The van der Waals surface area contributed by atoms with E-state index >= 15 is 0 Å². The second-order valence-corrected chi connectivity index (χ2v) is 10.1. The predicted molar refractivity (Wildman–Crippen MR) is 108 cm³/mol. The summed E-state index contributed by atoms with van der Waals surface area (Å²) in [5, 5.41) is 0. The van der Waals surface area contributed by atoms with Crippen LogP contribution in [0.5, 0.6) is 0 Å². The van der Waals surface area contributed by atoms with Gasteiger partial charge in [0.2, 0.25) is 5.91 Å². The van der Waals surface area contributed by atoms with Crippen LogP contribution in [0, 0.1) is 11.3 Å². The molecule has 0 aromatic heterocycles. The first kappa shape index (κ1) is 23.3. The Balaban J connectivity index is 3.07. The number of esters is 1. The van der Waals surface area contributed by atoms with E-state index < -0.39 is 33.9 Å². The molecule has 1 aromatic rings. The van der Waals surface area contributed by atoms with Crippen LogP contribution in [0.2, 0.25) is 0 Å². The molecule has 1 amide bonds. The lowest BCUT2D eigenvalue weighted by Gasteiger charge is -2.31. The Bertz CT molecular complexity index is 706. The van der Waals surface area contributed by atoms with Gasteiger partial charge in [0.15, 0.2) is 11.0 Å². The fraction of sp³-hybridized carbons (Fsp3) is 0.619. The number of hydrogen-bond donors (Lipinski definition) is 1. The molecular weight excluding hydrogens is 362 g/mol. The Hall–Kier alpha value is -1.69. The minimum absolute atomic E-state index is 0.0889. The van der Waals surface area contributed by atoms with Crippen molar-refractivity contribution < 1.29 is 18.5 Å². The average Bonchev–Trinajstić information content (AvgIpc) is 2.52. The van der Waals surface area contributed by atoms with Crippen LogP contribution in [0.3, 0.4) is 0 Å². The second kappa shape index (κ2) is 9.00. The van der Waals surface area contributed by atoms with Gasteiger partial charge in [0.1, 0.15) is 11.0 Å². The monoisotopic (exact) mass is 395 g/mol. The molecule has 0 saturated carbocycles. The largest absolute Gasteiger partial charge is 0.459 e. The number of carbonyl (C=O) groups excluding carboxylic acids is 2.